The summed E-state index contributed by atoms with van der Waals surface area (Å²) in [5.74, 6) is 0. The molecule has 2 aromatic rings. The monoisotopic (exact) mass is 218 g/mol. The number of fused-ring (bicyclic) bond motifs is 1. The summed E-state index contributed by atoms with van der Waals surface area (Å²) in [4.78, 5) is 4.26. The second kappa shape index (κ2) is 5.56. The van der Waals surface area contributed by atoms with E-state index in [0.717, 1.165) is 24.0 Å². The fraction of sp³-hybridized carbons (Fsp3) is 0.308. The van der Waals surface area contributed by atoms with Crippen molar-refractivity contribution in [1.29, 1.82) is 0 Å². The summed E-state index contributed by atoms with van der Waals surface area (Å²) in [7, 11) is 0. The first-order chi connectivity index (χ1) is 7.90. The molecule has 3 heteroatoms. The van der Waals surface area contributed by atoms with Gasteiger partial charge >= 0.3 is 0 Å². The predicted molar refractivity (Wildman–Crippen MR) is 64.0 cm³/mol. The van der Waals surface area contributed by atoms with Crippen molar-refractivity contribution in [2.24, 2.45) is 0 Å². The van der Waals surface area contributed by atoms with E-state index in [1.165, 1.54) is 5.56 Å². The van der Waals surface area contributed by atoms with E-state index in [-0.39, 0.29) is 6.67 Å². The summed E-state index contributed by atoms with van der Waals surface area (Å²) in [6.45, 7) is 1.25. The third kappa shape index (κ3) is 2.76. The fourth-order valence-electron chi connectivity index (χ4n) is 1.66. The van der Waals surface area contributed by atoms with Gasteiger partial charge in [0.1, 0.15) is 0 Å². The summed E-state index contributed by atoms with van der Waals surface area (Å²) in [5.41, 5.74) is 2.22. The van der Waals surface area contributed by atoms with Crippen LogP contribution in [0, 0.1) is 0 Å². The van der Waals surface area contributed by atoms with Gasteiger partial charge in [-0.05, 0) is 36.7 Å². The van der Waals surface area contributed by atoms with Crippen LogP contribution in [-0.4, -0.2) is 18.2 Å². The van der Waals surface area contributed by atoms with Crippen molar-refractivity contribution in [3.8, 4) is 0 Å². The second-order valence-corrected chi connectivity index (χ2v) is 3.75. The first-order valence-electron chi connectivity index (χ1n) is 5.50. The van der Waals surface area contributed by atoms with Gasteiger partial charge in [-0.15, -0.1) is 0 Å². The molecule has 0 radical (unpaired) electrons. The molecule has 1 heterocycles. The summed E-state index contributed by atoms with van der Waals surface area (Å²) < 4.78 is 11.9. The summed E-state index contributed by atoms with van der Waals surface area (Å²) in [6.07, 6.45) is 2.37. The minimum atomic E-state index is -0.255. The molecule has 0 spiro atoms. The molecule has 0 amide bonds. The van der Waals surface area contributed by atoms with Gasteiger partial charge in [-0.1, -0.05) is 12.1 Å². The summed E-state index contributed by atoms with van der Waals surface area (Å²) in [6, 6.07) is 10.2. The number of nitrogens with zero attached hydrogens (tertiary/aromatic N) is 1. The SMILES string of the molecule is FCCCNCc1ccc2ncccc2c1. The normalized spacial score (nSPS) is 10.8. The fourth-order valence-corrected chi connectivity index (χ4v) is 1.66. The van der Waals surface area contributed by atoms with E-state index in [4.69, 9.17) is 0 Å². The van der Waals surface area contributed by atoms with E-state index in [9.17, 15) is 4.39 Å². The van der Waals surface area contributed by atoms with Crippen LogP contribution in [0.2, 0.25) is 0 Å². The Morgan fingerprint density at radius 3 is 3.06 bits per heavy atom. The van der Waals surface area contributed by atoms with Gasteiger partial charge in [0.25, 0.3) is 0 Å². The Kier molecular flexibility index (Phi) is 3.83. The highest BCUT2D eigenvalue weighted by Gasteiger charge is 1.96. The predicted octanol–water partition coefficient (Wildman–Crippen LogP) is 2.68. The van der Waals surface area contributed by atoms with Crippen molar-refractivity contribution in [1.82, 2.24) is 10.3 Å². The third-order valence-electron chi connectivity index (χ3n) is 2.48. The Morgan fingerprint density at radius 2 is 2.19 bits per heavy atom. The van der Waals surface area contributed by atoms with Gasteiger partial charge in [-0.2, -0.15) is 0 Å². The number of alkyl halides is 1. The molecular formula is C13H15FN2. The first kappa shape index (κ1) is 11.0. The van der Waals surface area contributed by atoms with E-state index in [1.807, 2.05) is 18.2 Å². The number of hydrogen-bond donors (Lipinski definition) is 1. The molecule has 0 fully saturated rings. The van der Waals surface area contributed by atoms with Crippen molar-refractivity contribution < 1.29 is 4.39 Å². The Hall–Kier alpha value is -1.48. The van der Waals surface area contributed by atoms with Crippen LogP contribution < -0.4 is 5.32 Å². The average molecular weight is 218 g/mol. The lowest BCUT2D eigenvalue weighted by atomic mass is 10.1. The lowest BCUT2D eigenvalue weighted by molar-refractivity contribution is 0.459. The molecule has 2 nitrogen and oxygen atoms in total. The highest BCUT2D eigenvalue weighted by molar-refractivity contribution is 5.78. The molecule has 0 saturated heterocycles. The third-order valence-corrected chi connectivity index (χ3v) is 2.48. The lowest BCUT2D eigenvalue weighted by Crippen LogP contribution is -2.14. The van der Waals surface area contributed by atoms with Gasteiger partial charge in [0.2, 0.25) is 0 Å². The molecule has 0 aliphatic heterocycles. The van der Waals surface area contributed by atoms with Crippen LogP contribution in [0.3, 0.4) is 0 Å². The van der Waals surface area contributed by atoms with Crippen LogP contribution in [0.15, 0.2) is 36.5 Å². The van der Waals surface area contributed by atoms with Gasteiger partial charge in [0.05, 0.1) is 12.2 Å². The smallest absolute Gasteiger partial charge is 0.0906 e. The average Bonchev–Trinajstić information content (AvgIpc) is 2.34. The number of pyridine rings is 1. The Labute approximate surface area is 94.5 Å². The topological polar surface area (TPSA) is 24.9 Å². The number of halogens is 1. The van der Waals surface area contributed by atoms with Gasteiger partial charge < -0.3 is 5.32 Å². The molecule has 0 atom stereocenters. The summed E-state index contributed by atoms with van der Waals surface area (Å²) >= 11 is 0. The molecule has 0 saturated carbocycles. The molecule has 0 bridgehead atoms. The Bertz CT molecular complexity index is 456. The van der Waals surface area contributed by atoms with Crippen molar-refractivity contribution in [2.45, 2.75) is 13.0 Å². The van der Waals surface area contributed by atoms with E-state index in [0.29, 0.717) is 6.42 Å². The summed E-state index contributed by atoms with van der Waals surface area (Å²) in [5, 5.41) is 4.35. The first-order valence-corrected chi connectivity index (χ1v) is 5.50. The van der Waals surface area contributed by atoms with Gasteiger partial charge in [-0.25, -0.2) is 0 Å². The van der Waals surface area contributed by atoms with E-state index < -0.39 is 0 Å². The quantitative estimate of drug-likeness (QED) is 0.780. The standard InChI is InChI=1S/C13H15FN2/c14-6-2-7-15-10-11-4-5-13-12(9-11)3-1-8-16-13/h1,3-5,8-9,15H,2,6-7,10H2. The zero-order chi connectivity index (χ0) is 11.2. The van der Waals surface area contributed by atoms with Crippen molar-refractivity contribution in [3.63, 3.8) is 0 Å². The number of rotatable bonds is 5. The van der Waals surface area contributed by atoms with Gasteiger partial charge in [0.15, 0.2) is 0 Å². The van der Waals surface area contributed by atoms with Crippen molar-refractivity contribution in [2.75, 3.05) is 13.2 Å². The lowest BCUT2D eigenvalue weighted by Gasteiger charge is -2.04. The highest BCUT2D eigenvalue weighted by atomic mass is 19.1. The van der Waals surface area contributed by atoms with Crippen LogP contribution in [0.4, 0.5) is 4.39 Å². The molecule has 1 N–H and O–H groups in total. The molecule has 1 aromatic heterocycles. The maximum absolute atomic E-state index is 11.9. The number of aromatic nitrogens is 1. The maximum atomic E-state index is 11.9. The van der Waals surface area contributed by atoms with E-state index in [1.54, 1.807) is 6.20 Å². The second-order valence-electron chi connectivity index (χ2n) is 3.75. The number of hydrogen-bond acceptors (Lipinski definition) is 2. The van der Waals surface area contributed by atoms with E-state index in [2.05, 4.69) is 22.4 Å². The molecule has 0 unspecified atom stereocenters. The van der Waals surface area contributed by atoms with Crippen LogP contribution in [0.25, 0.3) is 10.9 Å². The van der Waals surface area contributed by atoms with Crippen LogP contribution >= 0.6 is 0 Å². The molecule has 2 rings (SSSR count). The Morgan fingerprint density at radius 1 is 1.25 bits per heavy atom. The Balaban J connectivity index is 2.02. The maximum Gasteiger partial charge on any atom is 0.0906 e. The van der Waals surface area contributed by atoms with Crippen LogP contribution in [0.1, 0.15) is 12.0 Å². The largest absolute Gasteiger partial charge is 0.313 e. The zero-order valence-electron chi connectivity index (χ0n) is 9.12. The zero-order valence-corrected chi connectivity index (χ0v) is 9.12. The molecule has 1 aromatic carbocycles. The van der Waals surface area contributed by atoms with Crippen molar-refractivity contribution in [3.05, 3.63) is 42.1 Å². The van der Waals surface area contributed by atoms with Gasteiger partial charge in [-0.3, -0.25) is 9.37 Å². The number of benzene rings is 1. The minimum absolute atomic E-state index is 0.255. The molecular weight excluding hydrogens is 203 g/mol. The minimum Gasteiger partial charge on any atom is -0.313 e. The van der Waals surface area contributed by atoms with E-state index >= 15 is 0 Å². The van der Waals surface area contributed by atoms with Gasteiger partial charge in [0, 0.05) is 18.1 Å². The van der Waals surface area contributed by atoms with Crippen molar-refractivity contribution >= 4 is 10.9 Å². The number of nitrogens with one attached hydrogen (secondary N) is 1. The van der Waals surface area contributed by atoms with Crippen LogP contribution in [0.5, 0.6) is 0 Å². The van der Waals surface area contributed by atoms with Crippen LogP contribution in [-0.2, 0) is 6.54 Å². The molecule has 0 aliphatic rings. The highest BCUT2D eigenvalue weighted by Crippen LogP contribution is 2.12. The molecule has 0 aliphatic carbocycles. The molecule has 84 valence electrons. The molecule has 16 heavy (non-hydrogen) atoms.